The van der Waals surface area contributed by atoms with Gasteiger partial charge in [0.15, 0.2) is 0 Å². The van der Waals surface area contributed by atoms with E-state index in [9.17, 15) is 4.79 Å². The molecule has 2 heterocycles. The lowest BCUT2D eigenvalue weighted by molar-refractivity contribution is 0.197. The van der Waals surface area contributed by atoms with E-state index < -0.39 is 0 Å². The van der Waals surface area contributed by atoms with Crippen LogP contribution in [0, 0.1) is 0 Å². The van der Waals surface area contributed by atoms with E-state index in [1.165, 1.54) is 12.8 Å². The number of hydrogen-bond acceptors (Lipinski definition) is 3. The molecule has 2 fully saturated rings. The van der Waals surface area contributed by atoms with Gasteiger partial charge in [-0.15, -0.1) is 0 Å². The summed E-state index contributed by atoms with van der Waals surface area (Å²) in [6, 6.07) is 0.141. The summed E-state index contributed by atoms with van der Waals surface area (Å²) in [5, 5.41) is 6.42. The Morgan fingerprint density at radius 1 is 1.00 bits per heavy atom. The quantitative estimate of drug-likeness (QED) is 0.744. The average Bonchev–Trinajstić information content (AvgIpc) is 2.73. The Bertz CT molecular complexity index is 258. The summed E-state index contributed by atoms with van der Waals surface area (Å²) in [7, 11) is 0. The van der Waals surface area contributed by atoms with E-state index in [-0.39, 0.29) is 6.03 Å². The fourth-order valence-corrected chi connectivity index (χ4v) is 2.82. The number of carbonyl (C=O) groups excluding carboxylic acids is 1. The second-order valence-electron chi connectivity index (χ2n) is 5.58. The second kappa shape index (κ2) is 8.38. The van der Waals surface area contributed by atoms with Crippen molar-refractivity contribution < 1.29 is 4.79 Å². The SMILES string of the molecule is O=C(NCCCN1CCNCC1)N1CCCCCC1. The molecule has 5 nitrogen and oxygen atoms in total. The molecule has 0 bridgehead atoms. The van der Waals surface area contributed by atoms with Crippen LogP contribution in [0.5, 0.6) is 0 Å². The van der Waals surface area contributed by atoms with Gasteiger partial charge in [-0.2, -0.15) is 0 Å². The number of rotatable bonds is 4. The highest BCUT2D eigenvalue weighted by Gasteiger charge is 2.14. The molecular formula is C14H28N4O. The summed E-state index contributed by atoms with van der Waals surface area (Å²) >= 11 is 0. The normalized spacial score (nSPS) is 22.0. The van der Waals surface area contributed by atoms with Gasteiger partial charge in [-0.25, -0.2) is 4.79 Å². The van der Waals surface area contributed by atoms with Crippen molar-refractivity contribution in [2.45, 2.75) is 32.1 Å². The fraction of sp³-hybridized carbons (Fsp3) is 0.929. The molecule has 0 aromatic heterocycles. The predicted molar refractivity (Wildman–Crippen MR) is 77.4 cm³/mol. The van der Waals surface area contributed by atoms with E-state index in [1.54, 1.807) is 0 Å². The van der Waals surface area contributed by atoms with E-state index >= 15 is 0 Å². The van der Waals surface area contributed by atoms with E-state index in [4.69, 9.17) is 0 Å². The van der Waals surface area contributed by atoms with Crippen LogP contribution in [0.4, 0.5) is 4.79 Å². The number of carbonyl (C=O) groups is 1. The zero-order chi connectivity index (χ0) is 13.3. The van der Waals surface area contributed by atoms with Gasteiger partial charge < -0.3 is 20.4 Å². The molecular weight excluding hydrogens is 240 g/mol. The Hall–Kier alpha value is -0.810. The molecule has 5 heteroatoms. The Balaban J connectivity index is 1.55. The minimum atomic E-state index is 0.141. The highest BCUT2D eigenvalue weighted by Crippen LogP contribution is 2.09. The van der Waals surface area contributed by atoms with E-state index in [1.807, 2.05) is 4.90 Å². The summed E-state index contributed by atoms with van der Waals surface area (Å²) < 4.78 is 0. The van der Waals surface area contributed by atoms with Gasteiger partial charge in [0, 0.05) is 45.8 Å². The van der Waals surface area contributed by atoms with Crippen LogP contribution in [0.1, 0.15) is 32.1 Å². The molecule has 2 saturated heterocycles. The van der Waals surface area contributed by atoms with Crippen molar-refractivity contribution in [1.82, 2.24) is 20.4 Å². The summed E-state index contributed by atoms with van der Waals surface area (Å²) in [5.41, 5.74) is 0. The Labute approximate surface area is 116 Å². The van der Waals surface area contributed by atoms with E-state index in [2.05, 4.69) is 15.5 Å². The van der Waals surface area contributed by atoms with Crippen molar-refractivity contribution in [3.05, 3.63) is 0 Å². The average molecular weight is 268 g/mol. The summed E-state index contributed by atoms with van der Waals surface area (Å²) in [4.78, 5) is 16.4. The van der Waals surface area contributed by atoms with Gasteiger partial charge in [0.2, 0.25) is 0 Å². The highest BCUT2D eigenvalue weighted by molar-refractivity contribution is 5.74. The van der Waals surface area contributed by atoms with Crippen molar-refractivity contribution in [2.75, 3.05) is 52.4 Å². The third-order valence-electron chi connectivity index (χ3n) is 4.03. The Kier molecular flexibility index (Phi) is 6.44. The van der Waals surface area contributed by atoms with Crippen molar-refractivity contribution in [3.8, 4) is 0 Å². The number of nitrogens with one attached hydrogen (secondary N) is 2. The molecule has 2 N–H and O–H groups in total. The largest absolute Gasteiger partial charge is 0.338 e. The van der Waals surface area contributed by atoms with Gasteiger partial charge in [0.05, 0.1) is 0 Å². The maximum absolute atomic E-state index is 12.0. The highest BCUT2D eigenvalue weighted by atomic mass is 16.2. The maximum atomic E-state index is 12.0. The smallest absolute Gasteiger partial charge is 0.317 e. The van der Waals surface area contributed by atoms with Gasteiger partial charge in [-0.3, -0.25) is 0 Å². The number of amides is 2. The first-order chi connectivity index (χ1) is 9.36. The molecule has 0 spiro atoms. The summed E-state index contributed by atoms with van der Waals surface area (Å²) in [5.74, 6) is 0. The van der Waals surface area contributed by atoms with E-state index in [0.29, 0.717) is 0 Å². The number of nitrogens with zero attached hydrogens (tertiary/aromatic N) is 2. The fourth-order valence-electron chi connectivity index (χ4n) is 2.82. The lowest BCUT2D eigenvalue weighted by Gasteiger charge is -2.27. The second-order valence-corrected chi connectivity index (χ2v) is 5.58. The zero-order valence-corrected chi connectivity index (χ0v) is 12.0. The van der Waals surface area contributed by atoms with Gasteiger partial charge >= 0.3 is 6.03 Å². The van der Waals surface area contributed by atoms with Crippen LogP contribution >= 0.6 is 0 Å². The van der Waals surface area contributed by atoms with Gasteiger partial charge in [-0.1, -0.05) is 12.8 Å². The molecule has 0 atom stereocenters. The topological polar surface area (TPSA) is 47.6 Å². The van der Waals surface area contributed by atoms with Crippen LogP contribution in [0.2, 0.25) is 0 Å². The Morgan fingerprint density at radius 2 is 1.68 bits per heavy atom. The van der Waals surface area contributed by atoms with Crippen LogP contribution in [-0.2, 0) is 0 Å². The molecule has 2 aliphatic rings. The van der Waals surface area contributed by atoms with Gasteiger partial charge in [0.1, 0.15) is 0 Å². The monoisotopic (exact) mass is 268 g/mol. The molecule has 2 amide bonds. The predicted octanol–water partition coefficient (Wildman–Crippen LogP) is 0.867. The third-order valence-corrected chi connectivity index (χ3v) is 4.03. The van der Waals surface area contributed by atoms with Crippen LogP contribution in [-0.4, -0.2) is 68.2 Å². The van der Waals surface area contributed by atoms with Crippen LogP contribution in [0.25, 0.3) is 0 Å². The number of hydrogen-bond donors (Lipinski definition) is 2. The van der Waals surface area contributed by atoms with Crippen molar-refractivity contribution >= 4 is 6.03 Å². The van der Waals surface area contributed by atoms with E-state index in [0.717, 1.165) is 71.6 Å². The summed E-state index contributed by atoms with van der Waals surface area (Å²) in [6.45, 7) is 8.24. The zero-order valence-electron chi connectivity index (χ0n) is 12.0. The first-order valence-corrected chi connectivity index (χ1v) is 7.82. The number of urea groups is 1. The molecule has 0 radical (unpaired) electrons. The molecule has 0 aliphatic carbocycles. The lowest BCUT2D eigenvalue weighted by Crippen LogP contribution is -2.45. The lowest BCUT2D eigenvalue weighted by atomic mass is 10.2. The molecule has 19 heavy (non-hydrogen) atoms. The summed E-state index contributed by atoms with van der Waals surface area (Å²) in [6.07, 6.45) is 5.92. The Morgan fingerprint density at radius 3 is 2.37 bits per heavy atom. The van der Waals surface area contributed by atoms with Gasteiger partial charge in [0.25, 0.3) is 0 Å². The molecule has 0 aromatic carbocycles. The van der Waals surface area contributed by atoms with Gasteiger partial charge in [-0.05, 0) is 25.8 Å². The first kappa shape index (κ1) is 14.6. The van der Waals surface area contributed by atoms with Crippen LogP contribution in [0.15, 0.2) is 0 Å². The molecule has 0 aromatic rings. The third kappa shape index (κ3) is 5.37. The molecule has 110 valence electrons. The maximum Gasteiger partial charge on any atom is 0.317 e. The van der Waals surface area contributed by atoms with Crippen molar-refractivity contribution in [2.24, 2.45) is 0 Å². The minimum Gasteiger partial charge on any atom is -0.338 e. The minimum absolute atomic E-state index is 0.141. The van der Waals surface area contributed by atoms with Crippen LogP contribution < -0.4 is 10.6 Å². The van der Waals surface area contributed by atoms with Crippen molar-refractivity contribution in [1.29, 1.82) is 0 Å². The molecule has 2 aliphatic heterocycles. The number of piperazine rings is 1. The van der Waals surface area contributed by atoms with Crippen molar-refractivity contribution in [3.63, 3.8) is 0 Å². The molecule has 0 saturated carbocycles. The molecule has 0 unspecified atom stereocenters. The number of likely N-dealkylation sites (tertiary alicyclic amines) is 1. The first-order valence-electron chi connectivity index (χ1n) is 7.82. The standard InChI is InChI=1S/C14H28N4O/c19-14(18-10-3-1-2-4-11-18)16-6-5-9-17-12-7-15-8-13-17/h15H,1-13H2,(H,16,19). The molecule has 2 rings (SSSR count). The van der Waals surface area contributed by atoms with Crippen LogP contribution in [0.3, 0.4) is 0 Å².